The van der Waals surface area contributed by atoms with Crippen LogP contribution in [-0.2, 0) is 19.1 Å². The molecule has 3 aromatic carbocycles. The van der Waals surface area contributed by atoms with E-state index < -0.39 is 43.0 Å². The molecule has 4 atom stereocenters. The van der Waals surface area contributed by atoms with Crippen molar-refractivity contribution < 1.29 is 67.9 Å². The van der Waals surface area contributed by atoms with Gasteiger partial charge in [-0.3, -0.25) is 4.79 Å². The number of aliphatic hydroxyl groups excluding tert-OH is 4. The molecule has 6 rings (SSSR count). The Balaban J connectivity index is 0.922. The average molecular weight is 1060 g/mol. The number of thioether (sulfide) groups is 2. The van der Waals surface area contributed by atoms with Crippen molar-refractivity contribution in [1.82, 2.24) is 0 Å². The summed E-state index contributed by atoms with van der Waals surface area (Å²) in [7, 11) is 0. The number of benzene rings is 3. The smallest absolute Gasteiger partial charge is 0.330 e. The van der Waals surface area contributed by atoms with Crippen molar-refractivity contribution in [2.24, 2.45) is 23.7 Å². The fraction of sp³-hybridized carbons (Fsp3) is 0.500. The minimum atomic E-state index is -1.20. The number of nitriles is 2. The molecule has 3 aromatic rings. The van der Waals surface area contributed by atoms with Crippen LogP contribution in [-0.4, -0.2) is 84.0 Å². The summed E-state index contributed by atoms with van der Waals surface area (Å²) in [5, 5.41) is 62.1. The maximum absolute atomic E-state index is 13.6. The molecule has 2 aliphatic carbocycles. The molecule has 0 saturated heterocycles. The first-order valence-electron chi connectivity index (χ1n) is 25.5. The predicted molar refractivity (Wildman–Crippen MR) is 277 cm³/mol. The number of hydrogen-bond acceptors (Lipinski definition) is 18. The Hall–Kier alpha value is -5.70. The normalized spacial score (nSPS) is 19.7. The van der Waals surface area contributed by atoms with Crippen molar-refractivity contribution in [3.63, 3.8) is 0 Å². The van der Waals surface area contributed by atoms with Crippen LogP contribution in [0.5, 0.6) is 34.5 Å². The number of hydrogen-bond donors (Lipinski definition) is 4. The molecule has 2 fully saturated rings. The number of ether oxygens (including phenoxy) is 8. The Morgan fingerprint density at radius 2 is 1.01 bits per heavy atom. The van der Waals surface area contributed by atoms with Crippen LogP contribution in [0.1, 0.15) is 103 Å². The monoisotopic (exact) mass is 1060 g/mol. The first-order valence-corrected chi connectivity index (χ1v) is 27.1. The third-order valence-electron chi connectivity index (χ3n) is 13.1. The summed E-state index contributed by atoms with van der Waals surface area (Å²) >= 11 is 2.29. The first kappa shape index (κ1) is 57.6. The van der Waals surface area contributed by atoms with Crippen molar-refractivity contribution in [2.75, 3.05) is 26.4 Å². The van der Waals surface area contributed by atoms with Gasteiger partial charge in [-0.1, -0.05) is 43.1 Å². The zero-order chi connectivity index (χ0) is 52.7. The molecule has 74 heavy (non-hydrogen) atoms. The Morgan fingerprint density at radius 1 is 0.581 bits per heavy atom. The molecule has 2 saturated carbocycles. The van der Waals surface area contributed by atoms with Gasteiger partial charge < -0.3 is 58.3 Å². The van der Waals surface area contributed by atoms with Gasteiger partial charge in [0.1, 0.15) is 52.2 Å². The quantitative estimate of drug-likeness (QED) is 0.00924. The van der Waals surface area contributed by atoms with Gasteiger partial charge in [0.05, 0.1) is 46.4 Å². The van der Waals surface area contributed by atoms with Gasteiger partial charge in [0, 0.05) is 23.8 Å². The van der Waals surface area contributed by atoms with E-state index in [2.05, 4.69) is 13.2 Å². The van der Waals surface area contributed by atoms with Crippen LogP contribution in [0.2, 0.25) is 0 Å². The average Bonchev–Trinajstić information content (AvgIpc) is 3.88. The van der Waals surface area contributed by atoms with E-state index in [1.807, 2.05) is 12.1 Å². The lowest BCUT2D eigenvalue weighted by atomic mass is 9.81. The molecular formula is C56H68N2O14S2. The minimum Gasteiger partial charge on any atom is -0.494 e. The SMILES string of the molecule is C=CC(=O)OCCCCCCOc1ccc(OC(O)C2CCC(C(O)Oc3ccc(OC(=O)C4CCC(C(O)Oc5ccc(OCCCCCCOC(O)C=C)cc5)CC4)c4c3SC(=C(C#N)C#N)S4)CC2)cc1. The number of carbonyl (C=O) groups is 2. The molecule has 1 heterocycles. The lowest BCUT2D eigenvalue weighted by Crippen LogP contribution is -2.35. The Kier molecular flexibility index (Phi) is 23.8. The zero-order valence-electron chi connectivity index (χ0n) is 41.7. The molecule has 3 aliphatic rings. The number of aliphatic hydroxyl groups is 4. The van der Waals surface area contributed by atoms with Gasteiger partial charge in [-0.2, -0.15) is 10.5 Å². The first-order chi connectivity index (χ1) is 36.0. The Labute approximate surface area is 442 Å². The third-order valence-corrected chi connectivity index (χ3v) is 15.8. The standard InChI is InChI=1S/C56H68N2O14S2/c1-3-48(59)67-33-11-7-5-9-31-65-42-21-25-44(26-22-42)69-52(61)37-13-17-39(18-14-37)54(63)71-46-29-30-47(51-50(46)73-56(74-51)41(35-57)36-58)72-55(64)40-19-15-38(16-20-40)53(62)70-45-27-23-43(24-28-45)66-32-10-6-8-12-34-68-49(60)4-2/h3-4,21-30,37-40,48,52-53,55,59,61-62,64H,1-2,5-20,31-34H2. The fourth-order valence-electron chi connectivity index (χ4n) is 8.79. The van der Waals surface area contributed by atoms with Crippen LogP contribution >= 0.6 is 23.5 Å². The number of rotatable bonds is 30. The second-order valence-corrected chi connectivity index (χ2v) is 20.7. The topological polar surface area (TPSA) is 236 Å². The predicted octanol–water partition coefficient (Wildman–Crippen LogP) is 10.3. The van der Waals surface area contributed by atoms with Crippen molar-refractivity contribution in [3.05, 3.63) is 95.8 Å². The number of fused-ring (bicyclic) bond motifs is 1. The van der Waals surface area contributed by atoms with Gasteiger partial charge in [-0.15, -0.1) is 0 Å². The van der Waals surface area contributed by atoms with E-state index in [1.165, 1.54) is 6.08 Å². The second kappa shape index (κ2) is 30.6. The highest BCUT2D eigenvalue weighted by Gasteiger charge is 2.36. The van der Waals surface area contributed by atoms with E-state index in [4.69, 9.17) is 37.9 Å². The van der Waals surface area contributed by atoms with E-state index >= 15 is 0 Å². The second-order valence-electron chi connectivity index (χ2n) is 18.4. The molecule has 0 spiro atoms. The van der Waals surface area contributed by atoms with E-state index in [1.54, 1.807) is 60.7 Å². The summed E-state index contributed by atoms with van der Waals surface area (Å²) in [5.41, 5.74) is -0.0931. The van der Waals surface area contributed by atoms with Crippen LogP contribution in [0.3, 0.4) is 0 Å². The van der Waals surface area contributed by atoms with Crippen molar-refractivity contribution in [2.45, 2.75) is 138 Å². The van der Waals surface area contributed by atoms with Crippen LogP contribution in [0.4, 0.5) is 0 Å². The molecule has 0 aromatic heterocycles. The van der Waals surface area contributed by atoms with Crippen molar-refractivity contribution >= 4 is 35.5 Å². The summed E-state index contributed by atoms with van der Waals surface area (Å²) in [4.78, 5) is 25.8. The van der Waals surface area contributed by atoms with E-state index in [0.717, 1.165) is 81.0 Å². The highest BCUT2D eigenvalue weighted by molar-refractivity contribution is 8.24. The molecule has 0 radical (unpaired) electrons. The number of esters is 2. The number of carbonyl (C=O) groups excluding carboxylic acids is 2. The summed E-state index contributed by atoms with van der Waals surface area (Å²) in [6, 6.07) is 21.3. The largest absolute Gasteiger partial charge is 0.494 e. The summed E-state index contributed by atoms with van der Waals surface area (Å²) in [6.45, 7) is 8.82. The maximum atomic E-state index is 13.6. The molecule has 18 heteroatoms. The van der Waals surface area contributed by atoms with Crippen LogP contribution < -0.4 is 28.4 Å². The van der Waals surface area contributed by atoms with Crippen LogP contribution in [0, 0.1) is 46.3 Å². The maximum Gasteiger partial charge on any atom is 0.330 e. The van der Waals surface area contributed by atoms with E-state index in [-0.39, 0.29) is 29.1 Å². The highest BCUT2D eigenvalue weighted by Crippen LogP contribution is 2.59. The molecule has 4 N–H and O–H groups in total. The molecule has 4 unspecified atom stereocenters. The Morgan fingerprint density at radius 3 is 1.50 bits per heavy atom. The van der Waals surface area contributed by atoms with E-state index in [9.17, 15) is 40.5 Å². The fourth-order valence-corrected chi connectivity index (χ4v) is 11.3. The van der Waals surface area contributed by atoms with Gasteiger partial charge in [0.2, 0.25) is 0 Å². The van der Waals surface area contributed by atoms with Crippen LogP contribution in [0.25, 0.3) is 0 Å². The Bertz CT molecular complexity index is 2370. The molecule has 0 bridgehead atoms. The lowest BCUT2D eigenvalue weighted by Gasteiger charge is -2.33. The van der Waals surface area contributed by atoms with E-state index in [0.29, 0.717) is 121 Å². The summed E-state index contributed by atoms with van der Waals surface area (Å²) in [6.07, 6.45) is 9.78. The molecule has 0 amide bonds. The summed E-state index contributed by atoms with van der Waals surface area (Å²) in [5.74, 6) is 1.12. The van der Waals surface area contributed by atoms with Crippen LogP contribution in [0.15, 0.2) is 106 Å². The zero-order valence-corrected chi connectivity index (χ0v) is 43.3. The van der Waals surface area contributed by atoms with Gasteiger partial charge in [-0.25, -0.2) is 4.79 Å². The third kappa shape index (κ3) is 18.0. The molecular weight excluding hydrogens is 989 g/mol. The van der Waals surface area contributed by atoms with Crippen molar-refractivity contribution in [3.8, 4) is 46.6 Å². The van der Waals surface area contributed by atoms with Gasteiger partial charge in [0.15, 0.2) is 25.2 Å². The molecule has 16 nitrogen and oxygen atoms in total. The van der Waals surface area contributed by atoms with Gasteiger partial charge in [0.25, 0.3) is 0 Å². The number of unbranched alkanes of at least 4 members (excludes halogenated alkanes) is 6. The molecule has 398 valence electrons. The van der Waals surface area contributed by atoms with Gasteiger partial charge >= 0.3 is 11.9 Å². The van der Waals surface area contributed by atoms with Crippen molar-refractivity contribution in [1.29, 1.82) is 10.5 Å². The number of nitrogens with zero attached hydrogens (tertiary/aromatic N) is 2. The summed E-state index contributed by atoms with van der Waals surface area (Å²) < 4.78 is 46.2. The number of allylic oxidation sites excluding steroid dienone is 1. The minimum absolute atomic E-state index is 0.0931. The van der Waals surface area contributed by atoms with Gasteiger partial charge in [-0.05, 0) is 163 Å². The molecule has 1 aliphatic heterocycles. The lowest BCUT2D eigenvalue weighted by molar-refractivity contribution is -0.142. The highest BCUT2D eigenvalue weighted by atomic mass is 32.2.